The zero-order chi connectivity index (χ0) is 30.3. The lowest BCUT2D eigenvalue weighted by Crippen LogP contribution is -2.53. The molecule has 0 aromatic heterocycles. The first kappa shape index (κ1) is 32.1. The van der Waals surface area contributed by atoms with E-state index in [-0.39, 0.29) is 35.5 Å². The summed E-state index contributed by atoms with van der Waals surface area (Å²) in [5, 5.41) is 3.28. The molecule has 220 valence electrons. The van der Waals surface area contributed by atoms with Crippen molar-refractivity contribution in [1.82, 2.24) is 10.2 Å². The quantitative estimate of drug-likeness (QED) is 0.275. The Morgan fingerprint density at radius 3 is 2.15 bits per heavy atom. The van der Waals surface area contributed by atoms with Crippen LogP contribution in [0.4, 0.5) is 10.1 Å². The molecule has 3 aromatic carbocycles. The van der Waals surface area contributed by atoms with Crippen LogP contribution in [0.2, 0.25) is 5.02 Å². The second-order valence-corrected chi connectivity index (χ2v) is 12.4. The maximum atomic E-state index is 14.1. The molecule has 0 heterocycles. The van der Waals surface area contributed by atoms with Crippen molar-refractivity contribution in [2.45, 2.75) is 71.0 Å². The van der Waals surface area contributed by atoms with E-state index in [1.807, 2.05) is 20.8 Å². The number of aryl methyl sites for hydroxylation is 2. The highest BCUT2D eigenvalue weighted by atomic mass is 35.5. The highest BCUT2D eigenvalue weighted by Crippen LogP contribution is 2.29. The Labute approximate surface area is 247 Å². The molecule has 2 atom stereocenters. The van der Waals surface area contributed by atoms with Gasteiger partial charge in [-0.15, -0.1) is 0 Å². The van der Waals surface area contributed by atoms with Crippen LogP contribution in [0.1, 0.15) is 50.3 Å². The number of sulfonamides is 1. The van der Waals surface area contributed by atoms with Crippen molar-refractivity contribution in [2.75, 3.05) is 10.8 Å². The van der Waals surface area contributed by atoms with Gasteiger partial charge >= 0.3 is 0 Å². The fourth-order valence-electron chi connectivity index (χ4n) is 4.25. The van der Waals surface area contributed by atoms with Gasteiger partial charge in [0.25, 0.3) is 10.0 Å². The number of hydrogen-bond donors (Lipinski definition) is 1. The minimum absolute atomic E-state index is 0.0132. The topological polar surface area (TPSA) is 86.8 Å². The smallest absolute Gasteiger partial charge is 0.264 e. The van der Waals surface area contributed by atoms with E-state index in [1.165, 1.54) is 47.4 Å². The number of benzene rings is 3. The summed E-state index contributed by atoms with van der Waals surface area (Å²) in [6.45, 7) is 8.64. The third kappa shape index (κ3) is 8.07. The predicted octanol–water partition coefficient (Wildman–Crippen LogP) is 6.01. The average Bonchev–Trinajstić information content (AvgIpc) is 2.94. The number of amides is 2. The van der Waals surface area contributed by atoms with Crippen molar-refractivity contribution < 1.29 is 22.4 Å². The molecule has 0 fully saturated rings. The highest BCUT2D eigenvalue weighted by molar-refractivity contribution is 7.92. The van der Waals surface area contributed by atoms with Gasteiger partial charge in [-0.2, -0.15) is 0 Å². The first-order valence-corrected chi connectivity index (χ1v) is 15.4. The lowest BCUT2D eigenvalue weighted by atomic mass is 10.1. The normalized spacial score (nSPS) is 12.9. The summed E-state index contributed by atoms with van der Waals surface area (Å²) in [6, 6.07) is 15.8. The van der Waals surface area contributed by atoms with Crippen molar-refractivity contribution in [3.05, 3.63) is 94.3 Å². The van der Waals surface area contributed by atoms with E-state index >= 15 is 0 Å². The number of nitrogens with one attached hydrogen (secondary N) is 1. The van der Waals surface area contributed by atoms with E-state index in [0.717, 1.165) is 15.4 Å². The molecule has 3 rings (SSSR count). The highest BCUT2D eigenvalue weighted by Gasteiger charge is 2.34. The van der Waals surface area contributed by atoms with Gasteiger partial charge in [0.2, 0.25) is 11.8 Å². The van der Waals surface area contributed by atoms with Crippen molar-refractivity contribution >= 4 is 39.1 Å². The van der Waals surface area contributed by atoms with Crippen LogP contribution < -0.4 is 9.62 Å². The average molecular weight is 602 g/mol. The van der Waals surface area contributed by atoms with Gasteiger partial charge in [0.15, 0.2) is 0 Å². The molecule has 0 bridgehead atoms. The van der Waals surface area contributed by atoms with Crippen molar-refractivity contribution in [1.29, 1.82) is 0 Å². The van der Waals surface area contributed by atoms with Crippen LogP contribution in [0.3, 0.4) is 0 Å². The standard InChI is InChI=1S/C31H37ClFN3O4S/c1-6-23(5)34-31(38)29(7-2)35(19-24-11-13-25(33)14-12-24)30(37)20-36(26-15-10-22(4)28(32)18-26)41(39,40)27-16-8-21(3)9-17-27/h8-18,23,29H,6-7,19-20H2,1-5H3,(H,34,38). The minimum Gasteiger partial charge on any atom is -0.352 e. The third-order valence-corrected chi connectivity index (χ3v) is 9.18. The summed E-state index contributed by atoms with van der Waals surface area (Å²) < 4.78 is 42.5. The van der Waals surface area contributed by atoms with Crippen molar-refractivity contribution in [2.24, 2.45) is 0 Å². The van der Waals surface area contributed by atoms with E-state index in [4.69, 9.17) is 11.6 Å². The molecule has 1 N–H and O–H groups in total. The molecule has 41 heavy (non-hydrogen) atoms. The molecular weight excluding hydrogens is 565 g/mol. The maximum Gasteiger partial charge on any atom is 0.264 e. The zero-order valence-electron chi connectivity index (χ0n) is 24.0. The van der Waals surface area contributed by atoms with Gasteiger partial charge in [-0.1, -0.05) is 61.3 Å². The largest absolute Gasteiger partial charge is 0.352 e. The summed E-state index contributed by atoms with van der Waals surface area (Å²) in [5.41, 5.74) is 2.45. The van der Waals surface area contributed by atoms with E-state index in [1.54, 1.807) is 38.1 Å². The van der Waals surface area contributed by atoms with Gasteiger partial charge in [-0.25, -0.2) is 12.8 Å². The van der Waals surface area contributed by atoms with E-state index in [0.29, 0.717) is 17.0 Å². The van der Waals surface area contributed by atoms with Crippen LogP contribution in [-0.4, -0.2) is 43.8 Å². The van der Waals surface area contributed by atoms with E-state index < -0.39 is 34.3 Å². The molecule has 10 heteroatoms. The van der Waals surface area contributed by atoms with Crippen LogP contribution in [-0.2, 0) is 26.2 Å². The summed E-state index contributed by atoms with van der Waals surface area (Å²) in [4.78, 5) is 28.8. The second kappa shape index (κ2) is 14.0. The molecule has 0 saturated carbocycles. The number of halogens is 2. The Balaban J connectivity index is 2.08. The number of carbonyl (C=O) groups excluding carboxylic acids is 2. The van der Waals surface area contributed by atoms with Gasteiger partial charge < -0.3 is 10.2 Å². The van der Waals surface area contributed by atoms with Crippen LogP contribution in [0.15, 0.2) is 71.6 Å². The number of anilines is 1. The molecule has 0 aliphatic heterocycles. The number of rotatable bonds is 12. The van der Waals surface area contributed by atoms with Gasteiger partial charge in [-0.05, 0) is 81.1 Å². The minimum atomic E-state index is -4.21. The number of carbonyl (C=O) groups is 2. The second-order valence-electron chi connectivity index (χ2n) is 10.1. The van der Waals surface area contributed by atoms with Crippen LogP contribution in [0, 0.1) is 19.7 Å². The Morgan fingerprint density at radius 1 is 0.951 bits per heavy atom. The van der Waals surface area contributed by atoms with Crippen molar-refractivity contribution in [3.63, 3.8) is 0 Å². The molecule has 0 aliphatic rings. The third-order valence-electron chi connectivity index (χ3n) is 6.98. The van der Waals surface area contributed by atoms with Gasteiger partial charge in [0, 0.05) is 17.6 Å². The lowest BCUT2D eigenvalue weighted by Gasteiger charge is -2.33. The van der Waals surface area contributed by atoms with Crippen molar-refractivity contribution in [3.8, 4) is 0 Å². The SMILES string of the molecule is CCC(C)NC(=O)C(CC)N(Cc1ccc(F)cc1)C(=O)CN(c1ccc(C)c(Cl)c1)S(=O)(=O)c1ccc(C)cc1. The summed E-state index contributed by atoms with van der Waals surface area (Å²) in [6.07, 6.45) is 0.987. The molecule has 2 amide bonds. The molecule has 0 spiro atoms. The Kier molecular flexibility index (Phi) is 10.9. The predicted molar refractivity (Wildman–Crippen MR) is 161 cm³/mol. The lowest BCUT2D eigenvalue weighted by molar-refractivity contribution is -0.140. The Hall–Kier alpha value is -3.43. The molecule has 0 radical (unpaired) electrons. The first-order valence-electron chi connectivity index (χ1n) is 13.6. The zero-order valence-corrected chi connectivity index (χ0v) is 25.6. The van der Waals surface area contributed by atoms with E-state index in [2.05, 4.69) is 5.32 Å². The summed E-state index contributed by atoms with van der Waals surface area (Å²) >= 11 is 6.37. The monoisotopic (exact) mass is 601 g/mol. The van der Waals surface area contributed by atoms with Crippen LogP contribution in [0.25, 0.3) is 0 Å². The molecule has 7 nitrogen and oxygen atoms in total. The molecule has 0 aliphatic carbocycles. The molecule has 0 saturated heterocycles. The number of hydrogen-bond acceptors (Lipinski definition) is 4. The van der Waals surface area contributed by atoms with Crippen LogP contribution >= 0.6 is 11.6 Å². The fourth-order valence-corrected chi connectivity index (χ4v) is 5.83. The first-order chi connectivity index (χ1) is 19.4. The fraction of sp³-hybridized carbons (Fsp3) is 0.355. The van der Waals surface area contributed by atoms with E-state index in [9.17, 15) is 22.4 Å². The summed E-state index contributed by atoms with van der Waals surface area (Å²) in [5.74, 6) is -1.36. The summed E-state index contributed by atoms with van der Waals surface area (Å²) in [7, 11) is -4.21. The van der Waals surface area contributed by atoms with Gasteiger partial charge in [0.1, 0.15) is 18.4 Å². The molecular formula is C31H37ClFN3O4S. The van der Waals surface area contributed by atoms with Gasteiger partial charge in [-0.3, -0.25) is 13.9 Å². The molecule has 3 aromatic rings. The van der Waals surface area contributed by atoms with Crippen LogP contribution in [0.5, 0.6) is 0 Å². The Bertz CT molecular complexity index is 1460. The number of nitrogens with zero attached hydrogens (tertiary/aromatic N) is 2. The van der Waals surface area contributed by atoms with Gasteiger partial charge in [0.05, 0.1) is 10.6 Å². The Morgan fingerprint density at radius 2 is 1.59 bits per heavy atom. The molecule has 2 unspecified atom stereocenters. The maximum absolute atomic E-state index is 14.1.